The maximum atomic E-state index is 12.7. The number of rotatable bonds is 2. The molecule has 0 bridgehead atoms. The molecule has 0 amide bonds. The molecule has 2 aromatic rings. The van der Waals surface area contributed by atoms with Gasteiger partial charge in [0.05, 0.1) is 12.8 Å². The Hall–Kier alpha value is -1.68. The van der Waals surface area contributed by atoms with Gasteiger partial charge in [-0.3, -0.25) is 0 Å². The van der Waals surface area contributed by atoms with Crippen molar-refractivity contribution in [2.24, 2.45) is 0 Å². The molecule has 2 rings (SSSR count). The maximum absolute atomic E-state index is 12.7. The first kappa shape index (κ1) is 10.8. The molecule has 1 heterocycles. The summed E-state index contributed by atoms with van der Waals surface area (Å²) < 4.78 is 17.6. The van der Waals surface area contributed by atoms with Crippen LogP contribution in [0.1, 0.15) is 0 Å². The molecule has 0 saturated carbocycles. The first-order valence-corrected chi connectivity index (χ1v) is 4.91. The molecule has 82 valence electrons. The van der Waals surface area contributed by atoms with Crippen molar-refractivity contribution in [1.82, 2.24) is 10.2 Å². The zero-order valence-corrected chi connectivity index (χ0v) is 9.20. The molecular formula is C11H8ClFN2O. The lowest BCUT2D eigenvalue weighted by molar-refractivity contribution is 0.392. The lowest BCUT2D eigenvalue weighted by atomic mass is 10.1. The van der Waals surface area contributed by atoms with E-state index in [4.69, 9.17) is 16.3 Å². The van der Waals surface area contributed by atoms with E-state index in [1.165, 1.54) is 19.2 Å². The SMILES string of the molecule is COc1nnc(-c2ccc(F)cc2)cc1Cl. The van der Waals surface area contributed by atoms with Crippen LogP contribution in [0.25, 0.3) is 11.3 Å². The van der Waals surface area contributed by atoms with Gasteiger partial charge in [-0.05, 0) is 30.3 Å². The molecule has 0 N–H and O–H groups in total. The molecule has 16 heavy (non-hydrogen) atoms. The van der Waals surface area contributed by atoms with Crippen molar-refractivity contribution in [2.45, 2.75) is 0 Å². The number of benzene rings is 1. The zero-order chi connectivity index (χ0) is 11.5. The van der Waals surface area contributed by atoms with E-state index in [-0.39, 0.29) is 11.7 Å². The Balaban J connectivity index is 2.41. The van der Waals surface area contributed by atoms with Gasteiger partial charge in [-0.15, -0.1) is 10.2 Å². The number of nitrogens with zero attached hydrogens (tertiary/aromatic N) is 2. The quantitative estimate of drug-likeness (QED) is 0.807. The summed E-state index contributed by atoms with van der Waals surface area (Å²) in [5, 5.41) is 8.10. The molecule has 1 aromatic heterocycles. The van der Waals surface area contributed by atoms with Crippen LogP contribution in [0.5, 0.6) is 5.88 Å². The van der Waals surface area contributed by atoms with Gasteiger partial charge in [0, 0.05) is 5.56 Å². The summed E-state index contributed by atoms with van der Waals surface area (Å²) in [6.45, 7) is 0. The largest absolute Gasteiger partial charge is 0.479 e. The van der Waals surface area contributed by atoms with Gasteiger partial charge >= 0.3 is 0 Å². The predicted octanol–water partition coefficient (Wildman–Crippen LogP) is 2.94. The average Bonchev–Trinajstić information content (AvgIpc) is 2.30. The fourth-order valence-corrected chi connectivity index (χ4v) is 1.48. The molecule has 5 heteroatoms. The topological polar surface area (TPSA) is 35.0 Å². The summed E-state index contributed by atoms with van der Waals surface area (Å²) >= 11 is 5.91. The monoisotopic (exact) mass is 238 g/mol. The van der Waals surface area contributed by atoms with Gasteiger partial charge < -0.3 is 4.74 Å². The Labute approximate surface area is 96.8 Å². The summed E-state index contributed by atoms with van der Waals surface area (Å²) in [4.78, 5) is 0. The molecule has 0 atom stereocenters. The van der Waals surface area contributed by atoms with Gasteiger partial charge in [-0.25, -0.2) is 4.39 Å². The molecule has 0 unspecified atom stereocenters. The lowest BCUT2D eigenvalue weighted by Crippen LogP contribution is -1.93. The van der Waals surface area contributed by atoms with Crippen LogP contribution in [-0.2, 0) is 0 Å². The smallest absolute Gasteiger partial charge is 0.252 e. The van der Waals surface area contributed by atoms with E-state index >= 15 is 0 Å². The van der Waals surface area contributed by atoms with Gasteiger partial charge in [-0.2, -0.15) is 0 Å². The van der Waals surface area contributed by atoms with E-state index in [0.717, 1.165) is 5.56 Å². The van der Waals surface area contributed by atoms with Crippen LogP contribution in [0, 0.1) is 5.82 Å². The summed E-state index contributed by atoms with van der Waals surface area (Å²) in [7, 11) is 1.47. The first-order valence-electron chi connectivity index (χ1n) is 4.54. The van der Waals surface area contributed by atoms with Crippen LogP contribution in [0.2, 0.25) is 5.02 Å². The van der Waals surface area contributed by atoms with Crippen molar-refractivity contribution in [3.63, 3.8) is 0 Å². The third-order valence-corrected chi connectivity index (χ3v) is 2.32. The summed E-state index contributed by atoms with van der Waals surface area (Å²) in [5.74, 6) is -0.0242. The average molecular weight is 239 g/mol. The molecule has 0 saturated heterocycles. The standard InChI is InChI=1S/C11H8ClFN2O/c1-16-11-9(12)6-10(14-15-11)7-2-4-8(13)5-3-7/h2-6H,1H3. The van der Waals surface area contributed by atoms with Crippen LogP contribution in [0.3, 0.4) is 0 Å². The molecule has 0 radical (unpaired) electrons. The number of methoxy groups -OCH3 is 1. The highest BCUT2D eigenvalue weighted by molar-refractivity contribution is 6.32. The van der Waals surface area contributed by atoms with Gasteiger partial charge in [0.25, 0.3) is 5.88 Å². The number of halogens is 2. The van der Waals surface area contributed by atoms with Gasteiger partial charge in [0.2, 0.25) is 0 Å². The molecule has 0 spiro atoms. The Morgan fingerprint density at radius 3 is 2.44 bits per heavy atom. The molecule has 1 aromatic carbocycles. The highest BCUT2D eigenvalue weighted by atomic mass is 35.5. The fourth-order valence-electron chi connectivity index (χ4n) is 1.26. The highest BCUT2D eigenvalue weighted by Gasteiger charge is 2.06. The lowest BCUT2D eigenvalue weighted by Gasteiger charge is -2.03. The third kappa shape index (κ3) is 2.12. The van der Waals surface area contributed by atoms with Crippen LogP contribution < -0.4 is 4.74 Å². The second-order valence-electron chi connectivity index (χ2n) is 3.09. The Morgan fingerprint density at radius 1 is 1.19 bits per heavy atom. The van der Waals surface area contributed by atoms with Crippen molar-refractivity contribution in [3.05, 3.63) is 41.2 Å². The van der Waals surface area contributed by atoms with Crippen LogP contribution in [0.15, 0.2) is 30.3 Å². The number of hydrogen-bond acceptors (Lipinski definition) is 3. The number of ether oxygens (including phenoxy) is 1. The van der Waals surface area contributed by atoms with Crippen LogP contribution in [0.4, 0.5) is 4.39 Å². The number of aromatic nitrogens is 2. The van der Waals surface area contributed by atoms with Crippen molar-refractivity contribution < 1.29 is 9.13 Å². The Morgan fingerprint density at radius 2 is 1.88 bits per heavy atom. The van der Waals surface area contributed by atoms with E-state index in [0.29, 0.717) is 10.7 Å². The van der Waals surface area contributed by atoms with Crippen molar-refractivity contribution in [1.29, 1.82) is 0 Å². The zero-order valence-electron chi connectivity index (χ0n) is 8.45. The molecule has 3 nitrogen and oxygen atoms in total. The third-order valence-electron chi connectivity index (χ3n) is 2.05. The van der Waals surface area contributed by atoms with E-state index in [9.17, 15) is 4.39 Å². The molecule has 0 fully saturated rings. The molecule has 0 aliphatic carbocycles. The van der Waals surface area contributed by atoms with E-state index < -0.39 is 0 Å². The second kappa shape index (κ2) is 4.45. The first-order chi connectivity index (χ1) is 7.70. The predicted molar refractivity (Wildman–Crippen MR) is 59.0 cm³/mol. The number of hydrogen-bond donors (Lipinski definition) is 0. The summed E-state index contributed by atoms with van der Waals surface area (Å²) in [6, 6.07) is 7.56. The van der Waals surface area contributed by atoms with E-state index in [1.54, 1.807) is 18.2 Å². The maximum Gasteiger partial charge on any atom is 0.252 e. The normalized spacial score (nSPS) is 10.2. The van der Waals surface area contributed by atoms with Crippen molar-refractivity contribution >= 4 is 11.6 Å². The van der Waals surface area contributed by atoms with E-state index in [1.807, 2.05) is 0 Å². The minimum atomic E-state index is -0.295. The highest BCUT2D eigenvalue weighted by Crippen LogP contribution is 2.25. The van der Waals surface area contributed by atoms with Crippen molar-refractivity contribution in [2.75, 3.05) is 7.11 Å². The van der Waals surface area contributed by atoms with Gasteiger partial charge in [0.15, 0.2) is 0 Å². The Bertz CT molecular complexity index is 502. The summed E-state index contributed by atoms with van der Waals surface area (Å²) in [5.41, 5.74) is 1.32. The fraction of sp³-hybridized carbons (Fsp3) is 0.0909. The second-order valence-corrected chi connectivity index (χ2v) is 3.50. The molecular weight excluding hydrogens is 231 g/mol. The van der Waals surface area contributed by atoms with Gasteiger partial charge in [0.1, 0.15) is 10.8 Å². The van der Waals surface area contributed by atoms with Crippen molar-refractivity contribution in [3.8, 4) is 17.1 Å². The summed E-state index contributed by atoms with van der Waals surface area (Å²) in [6.07, 6.45) is 0. The Kier molecular flexibility index (Phi) is 3.01. The van der Waals surface area contributed by atoms with Crippen LogP contribution >= 0.6 is 11.6 Å². The molecule has 0 aliphatic heterocycles. The van der Waals surface area contributed by atoms with E-state index in [2.05, 4.69) is 10.2 Å². The minimum absolute atomic E-state index is 0.271. The minimum Gasteiger partial charge on any atom is -0.479 e. The van der Waals surface area contributed by atoms with Crippen LogP contribution in [-0.4, -0.2) is 17.3 Å². The molecule has 0 aliphatic rings. The van der Waals surface area contributed by atoms with Gasteiger partial charge in [-0.1, -0.05) is 11.6 Å².